The van der Waals surface area contributed by atoms with Crippen molar-refractivity contribution in [3.8, 4) is 0 Å². The number of unbranched alkanes of at least 4 members (excludes halogenated alkanes) is 12. The van der Waals surface area contributed by atoms with Gasteiger partial charge in [0, 0.05) is 17.6 Å². The van der Waals surface area contributed by atoms with Crippen molar-refractivity contribution in [1.29, 1.82) is 0 Å². The molecule has 0 radical (unpaired) electrons. The van der Waals surface area contributed by atoms with Gasteiger partial charge in [-0.2, -0.15) is 0 Å². The van der Waals surface area contributed by atoms with Gasteiger partial charge in [0.15, 0.2) is 0 Å². The highest BCUT2D eigenvalue weighted by atomic mass is 16.3. The Labute approximate surface area is 137 Å². The van der Waals surface area contributed by atoms with Crippen LogP contribution < -0.4 is 0 Å². The molecule has 1 atom stereocenters. The first-order chi connectivity index (χ1) is 10.8. The predicted molar refractivity (Wildman–Crippen MR) is 94.9 cm³/mol. The van der Waals surface area contributed by atoms with Gasteiger partial charge in [0.05, 0.1) is 0 Å². The van der Waals surface area contributed by atoms with Gasteiger partial charge >= 0.3 is 0 Å². The van der Waals surface area contributed by atoms with E-state index in [2.05, 4.69) is 16.9 Å². The molecule has 0 aliphatic rings. The second-order valence-corrected chi connectivity index (χ2v) is 6.40. The molecule has 0 aliphatic carbocycles. The Morgan fingerprint density at radius 1 is 0.773 bits per heavy atom. The standard InChI is InChI=1S/C18H37N3O/c1-2-3-4-5-6-7-8-9-10-11-12-13-14-15-18(16-17-22)20-21-19/h18,22H,2-17H2,1H3/t18-/m0/s1. The highest BCUT2D eigenvalue weighted by Crippen LogP contribution is 2.14. The molecule has 0 aromatic heterocycles. The first-order valence-corrected chi connectivity index (χ1v) is 9.50. The molecule has 4 heteroatoms. The van der Waals surface area contributed by atoms with Gasteiger partial charge in [-0.1, -0.05) is 95.5 Å². The van der Waals surface area contributed by atoms with Crippen molar-refractivity contribution in [2.75, 3.05) is 6.61 Å². The molecule has 0 aromatic carbocycles. The number of rotatable bonds is 17. The average molecular weight is 312 g/mol. The van der Waals surface area contributed by atoms with E-state index >= 15 is 0 Å². The van der Waals surface area contributed by atoms with E-state index < -0.39 is 0 Å². The second-order valence-electron chi connectivity index (χ2n) is 6.40. The Hall–Kier alpha value is -0.730. The minimum absolute atomic E-state index is 0.0114. The van der Waals surface area contributed by atoms with Crippen molar-refractivity contribution in [3.63, 3.8) is 0 Å². The number of hydrogen-bond donors (Lipinski definition) is 1. The van der Waals surface area contributed by atoms with E-state index in [1.54, 1.807) is 0 Å². The molecule has 0 rings (SSSR count). The van der Waals surface area contributed by atoms with Gasteiger partial charge in [-0.3, -0.25) is 0 Å². The quantitative estimate of drug-likeness (QED) is 0.141. The van der Waals surface area contributed by atoms with Crippen LogP contribution in [0.3, 0.4) is 0 Å². The molecule has 0 amide bonds. The summed E-state index contributed by atoms with van der Waals surface area (Å²) in [5.74, 6) is 0. The fourth-order valence-corrected chi connectivity index (χ4v) is 2.88. The van der Waals surface area contributed by atoms with Gasteiger partial charge in [-0.15, -0.1) is 0 Å². The topological polar surface area (TPSA) is 69.0 Å². The van der Waals surface area contributed by atoms with Crippen molar-refractivity contribution in [2.45, 2.75) is 109 Å². The van der Waals surface area contributed by atoms with Crippen molar-refractivity contribution >= 4 is 0 Å². The molecule has 130 valence electrons. The summed E-state index contributed by atoms with van der Waals surface area (Å²) in [4.78, 5) is 2.85. The Balaban J connectivity index is 3.21. The summed E-state index contributed by atoms with van der Waals surface area (Å²) in [5.41, 5.74) is 8.44. The third kappa shape index (κ3) is 15.7. The smallest absolute Gasteiger partial charge is 0.0434 e. The van der Waals surface area contributed by atoms with Crippen molar-refractivity contribution in [1.82, 2.24) is 0 Å². The molecule has 4 nitrogen and oxygen atoms in total. The Kier molecular flexibility index (Phi) is 17.7. The summed E-state index contributed by atoms with van der Waals surface area (Å²) < 4.78 is 0. The lowest BCUT2D eigenvalue weighted by Gasteiger charge is -2.08. The van der Waals surface area contributed by atoms with E-state index in [1.165, 1.54) is 77.0 Å². The lowest BCUT2D eigenvalue weighted by molar-refractivity contribution is 0.271. The fourth-order valence-electron chi connectivity index (χ4n) is 2.88. The molecule has 0 saturated carbocycles. The van der Waals surface area contributed by atoms with E-state index in [4.69, 9.17) is 10.6 Å². The number of hydrogen-bond acceptors (Lipinski definition) is 2. The third-order valence-electron chi connectivity index (χ3n) is 4.32. The molecular weight excluding hydrogens is 274 g/mol. The molecule has 0 unspecified atom stereocenters. The van der Waals surface area contributed by atoms with Crippen molar-refractivity contribution in [3.05, 3.63) is 10.4 Å². The first-order valence-electron chi connectivity index (χ1n) is 9.50. The average Bonchev–Trinajstić information content (AvgIpc) is 2.52. The summed E-state index contributed by atoms with van der Waals surface area (Å²) in [6.45, 7) is 2.38. The molecule has 0 aromatic rings. The number of aliphatic hydroxyl groups excluding tert-OH is 1. The lowest BCUT2D eigenvalue weighted by Crippen LogP contribution is -2.05. The van der Waals surface area contributed by atoms with Gasteiger partial charge in [-0.05, 0) is 18.4 Å². The van der Waals surface area contributed by atoms with Crippen LogP contribution >= 0.6 is 0 Å². The van der Waals surface area contributed by atoms with Gasteiger partial charge < -0.3 is 5.11 Å². The fraction of sp³-hybridized carbons (Fsp3) is 1.00. The third-order valence-corrected chi connectivity index (χ3v) is 4.32. The van der Waals surface area contributed by atoms with Crippen LogP contribution in [0.25, 0.3) is 10.4 Å². The summed E-state index contributed by atoms with van der Waals surface area (Å²) in [7, 11) is 0. The van der Waals surface area contributed by atoms with E-state index in [0.717, 1.165) is 12.8 Å². The van der Waals surface area contributed by atoms with Gasteiger partial charge in [0.1, 0.15) is 0 Å². The van der Waals surface area contributed by atoms with Crippen LogP contribution in [0.1, 0.15) is 103 Å². The predicted octanol–water partition coefficient (Wildman–Crippen LogP) is 6.53. The van der Waals surface area contributed by atoms with Crippen LogP contribution in [0.5, 0.6) is 0 Å². The zero-order chi connectivity index (χ0) is 16.3. The van der Waals surface area contributed by atoms with Gasteiger partial charge in [-0.25, -0.2) is 0 Å². The van der Waals surface area contributed by atoms with Crippen molar-refractivity contribution in [2.24, 2.45) is 5.11 Å². The molecule has 0 spiro atoms. The molecular formula is C18H37N3O. The molecule has 0 bridgehead atoms. The van der Waals surface area contributed by atoms with Crippen molar-refractivity contribution < 1.29 is 5.11 Å². The van der Waals surface area contributed by atoms with Crippen LogP contribution in [0, 0.1) is 0 Å². The SMILES string of the molecule is CCCCCCCCCCCCCCC[C@@H](CCO)N=[N+]=[N-]. The van der Waals surface area contributed by atoms with Gasteiger partial charge in [0.2, 0.25) is 0 Å². The minimum atomic E-state index is -0.0114. The van der Waals surface area contributed by atoms with Crippen LogP contribution in [0.2, 0.25) is 0 Å². The van der Waals surface area contributed by atoms with Crippen LogP contribution in [0.4, 0.5) is 0 Å². The van der Waals surface area contributed by atoms with Crippen LogP contribution in [-0.4, -0.2) is 17.8 Å². The minimum Gasteiger partial charge on any atom is -0.396 e. The number of aliphatic hydroxyl groups is 1. The zero-order valence-electron chi connectivity index (χ0n) is 14.7. The molecule has 1 N–H and O–H groups in total. The van der Waals surface area contributed by atoms with E-state index in [1.807, 2.05) is 0 Å². The Bertz CT molecular complexity index is 265. The first kappa shape index (κ1) is 21.3. The van der Waals surface area contributed by atoms with Crippen LogP contribution in [-0.2, 0) is 0 Å². The van der Waals surface area contributed by atoms with Crippen LogP contribution in [0.15, 0.2) is 5.11 Å². The maximum Gasteiger partial charge on any atom is 0.0434 e. The molecule has 0 heterocycles. The normalized spacial score (nSPS) is 12.1. The number of azide groups is 1. The second kappa shape index (κ2) is 18.3. The maximum absolute atomic E-state index is 8.88. The van der Waals surface area contributed by atoms with E-state index in [9.17, 15) is 0 Å². The monoisotopic (exact) mass is 311 g/mol. The highest BCUT2D eigenvalue weighted by Gasteiger charge is 2.04. The highest BCUT2D eigenvalue weighted by molar-refractivity contribution is 4.66. The molecule has 0 fully saturated rings. The Morgan fingerprint density at radius 2 is 1.23 bits per heavy atom. The summed E-state index contributed by atoms with van der Waals surface area (Å²) in [6.07, 6.45) is 19.1. The molecule has 0 saturated heterocycles. The largest absolute Gasteiger partial charge is 0.396 e. The lowest BCUT2D eigenvalue weighted by atomic mass is 10.0. The van der Waals surface area contributed by atoms with E-state index in [-0.39, 0.29) is 12.6 Å². The summed E-state index contributed by atoms with van der Waals surface area (Å²) >= 11 is 0. The van der Waals surface area contributed by atoms with E-state index in [0.29, 0.717) is 6.42 Å². The summed E-state index contributed by atoms with van der Waals surface area (Å²) in [5, 5.41) is 12.6. The maximum atomic E-state index is 8.88. The number of nitrogens with zero attached hydrogens (tertiary/aromatic N) is 3. The molecule has 22 heavy (non-hydrogen) atoms. The summed E-state index contributed by atoms with van der Waals surface area (Å²) in [6, 6.07) is -0.0114. The molecule has 0 aliphatic heterocycles. The Morgan fingerprint density at radius 3 is 1.64 bits per heavy atom. The van der Waals surface area contributed by atoms with Gasteiger partial charge in [0.25, 0.3) is 0 Å². The zero-order valence-corrected chi connectivity index (χ0v) is 14.7.